The topological polar surface area (TPSA) is 87.1 Å². The highest BCUT2D eigenvalue weighted by atomic mass is 32.1. The number of nitrogens with zero attached hydrogens (tertiary/aromatic N) is 2. The molecule has 0 saturated heterocycles. The molecule has 2 amide bonds. The summed E-state index contributed by atoms with van der Waals surface area (Å²) in [6.45, 7) is 6.77. The molecular formula is C14H24N4O2S. The minimum Gasteiger partial charge on any atom is -0.393 e. The second kappa shape index (κ2) is 6.70. The molecule has 0 aromatic carbocycles. The average molecular weight is 312 g/mol. The van der Waals surface area contributed by atoms with Gasteiger partial charge in [0.2, 0.25) is 5.13 Å². The van der Waals surface area contributed by atoms with E-state index in [1.165, 1.54) is 11.3 Å². The van der Waals surface area contributed by atoms with Crippen molar-refractivity contribution >= 4 is 22.5 Å². The Morgan fingerprint density at radius 3 is 2.76 bits per heavy atom. The molecule has 0 radical (unpaired) electrons. The summed E-state index contributed by atoms with van der Waals surface area (Å²) in [5, 5.41) is 24.7. The highest BCUT2D eigenvalue weighted by molar-refractivity contribution is 7.15. The standard InChI is InChI=1S/C14H24N4O2S/c1-14(2,3)11-17-18-13(21-11)16-12(20)15-8-9-5-4-6-10(19)7-9/h9-10,19H,4-8H2,1-3H3,(H2,15,16,18,20). The quantitative estimate of drug-likeness (QED) is 0.800. The average Bonchev–Trinajstić information content (AvgIpc) is 2.85. The molecule has 118 valence electrons. The van der Waals surface area contributed by atoms with Gasteiger partial charge >= 0.3 is 6.03 Å². The van der Waals surface area contributed by atoms with Gasteiger partial charge in [0.05, 0.1) is 6.10 Å². The van der Waals surface area contributed by atoms with E-state index in [0.717, 1.165) is 30.7 Å². The van der Waals surface area contributed by atoms with Crippen molar-refractivity contribution in [3.05, 3.63) is 5.01 Å². The maximum atomic E-state index is 11.8. The lowest BCUT2D eigenvalue weighted by atomic mass is 9.87. The number of aliphatic hydroxyl groups is 1. The largest absolute Gasteiger partial charge is 0.393 e. The van der Waals surface area contributed by atoms with Crippen LogP contribution in [-0.4, -0.2) is 34.0 Å². The van der Waals surface area contributed by atoms with Gasteiger partial charge in [-0.2, -0.15) is 0 Å². The molecule has 1 saturated carbocycles. The van der Waals surface area contributed by atoms with E-state index in [4.69, 9.17) is 0 Å². The molecule has 3 N–H and O–H groups in total. The van der Waals surface area contributed by atoms with Gasteiger partial charge in [-0.25, -0.2) is 4.79 Å². The maximum absolute atomic E-state index is 11.8. The van der Waals surface area contributed by atoms with Crippen molar-refractivity contribution in [3.63, 3.8) is 0 Å². The van der Waals surface area contributed by atoms with Gasteiger partial charge in [-0.05, 0) is 25.2 Å². The first-order valence-corrected chi connectivity index (χ1v) is 8.23. The van der Waals surface area contributed by atoms with Crippen LogP contribution in [-0.2, 0) is 5.41 Å². The van der Waals surface area contributed by atoms with Crippen LogP contribution in [0.5, 0.6) is 0 Å². The highest BCUT2D eigenvalue weighted by Gasteiger charge is 2.22. The van der Waals surface area contributed by atoms with Crippen LogP contribution in [0.3, 0.4) is 0 Å². The van der Waals surface area contributed by atoms with Gasteiger partial charge in [0.1, 0.15) is 5.01 Å². The molecule has 1 heterocycles. The number of nitrogens with one attached hydrogen (secondary N) is 2. The minimum atomic E-state index is -0.258. The zero-order chi connectivity index (χ0) is 15.5. The van der Waals surface area contributed by atoms with Crippen LogP contribution in [0, 0.1) is 5.92 Å². The normalized spacial score (nSPS) is 22.9. The Morgan fingerprint density at radius 2 is 2.14 bits per heavy atom. The molecule has 7 heteroatoms. The number of carbonyl (C=O) groups excluding carboxylic acids is 1. The minimum absolute atomic E-state index is 0.0632. The van der Waals surface area contributed by atoms with Crippen LogP contribution in [0.4, 0.5) is 9.93 Å². The Labute approximate surface area is 129 Å². The van der Waals surface area contributed by atoms with E-state index in [1.807, 2.05) is 0 Å². The van der Waals surface area contributed by atoms with Crippen molar-refractivity contribution < 1.29 is 9.90 Å². The maximum Gasteiger partial charge on any atom is 0.321 e. The third-order valence-electron chi connectivity index (χ3n) is 3.59. The summed E-state index contributed by atoms with van der Waals surface area (Å²) in [5.74, 6) is 0.360. The summed E-state index contributed by atoms with van der Waals surface area (Å²) in [6, 6.07) is -0.258. The van der Waals surface area contributed by atoms with Crippen molar-refractivity contribution in [2.45, 2.75) is 58.0 Å². The van der Waals surface area contributed by atoms with E-state index in [9.17, 15) is 9.90 Å². The van der Waals surface area contributed by atoms with Crippen LogP contribution < -0.4 is 10.6 Å². The Bertz CT molecular complexity index is 484. The van der Waals surface area contributed by atoms with Crippen LogP contribution in [0.1, 0.15) is 51.5 Å². The Balaban J connectivity index is 1.78. The van der Waals surface area contributed by atoms with Gasteiger partial charge in [-0.3, -0.25) is 5.32 Å². The SMILES string of the molecule is CC(C)(C)c1nnc(NC(=O)NCC2CCCC(O)C2)s1. The zero-order valence-corrected chi connectivity index (χ0v) is 13.7. The fraction of sp³-hybridized carbons (Fsp3) is 0.786. The van der Waals surface area contributed by atoms with Crippen molar-refractivity contribution in [3.8, 4) is 0 Å². The molecule has 1 fully saturated rings. The highest BCUT2D eigenvalue weighted by Crippen LogP contribution is 2.27. The number of hydrogen-bond donors (Lipinski definition) is 3. The monoisotopic (exact) mass is 312 g/mol. The fourth-order valence-electron chi connectivity index (χ4n) is 2.40. The molecule has 1 aliphatic carbocycles. The molecule has 21 heavy (non-hydrogen) atoms. The zero-order valence-electron chi connectivity index (χ0n) is 12.8. The van der Waals surface area contributed by atoms with Crippen molar-refractivity contribution in [1.82, 2.24) is 15.5 Å². The molecule has 2 unspecified atom stereocenters. The number of carbonyl (C=O) groups is 1. The second-order valence-electron chi connectivity index (χ2n) is 6.68. The first kappa shape index (κ1) is 16.2. The summed E-state index contributed by atoms with van der Waals surface area (Å²) < 4.78 is 0. The molecule has 0 aliphatic heterocycles. The summed E-state index contributed by atoms with van der Waals surface area (Å²) >= 11 is 1.40. The van der Waals surface area contributed by atoms with Crippen molar-refractivity contribution in [1.29, 1.82) is 0 Å². The summed E-state index contributed by atoms with van der Waals surface area (Å²) in [4.78, 5) is 11.8. The fourth-order valence-corrected chi connectivity index (χ4v) is 3.20. The van der Waals surface area contributed by atoms with Crippen molar-refractivity contribution in [2.75, 3.05) is 11.9 Å². The van der Waals surface area contributed by atoms with Crippen LogP contribution in [0.25, 0.3) is 0 Å². The molecule has 1 aromatic heterocycles. The molecule has 1 aliphatic rings. The van der Waals surface area contributed by atoms with E-state index in [2.05, 4.69) is 41.6 Å². The van der Waals surface area contributed by atoms with Crippen LogP contribution >= 0.6 is 11.3 Å². The number of aliphatic hydroxyl groups excluding tert-OH is 1. The molecular weight excluding hydrogens is 288 g/mol. The lowest BCUT2D eigenvalue weighted by molar-refractivity contribution is 0.101. The predicted molar refractivity (Wildman–Crippen MR) is 83.6 cm³/mol. The van der Waals surface area contributed by atoms with E-state index in [1.54, 1.807) is 0 Å². The van der Waals surface area contributed by atoms with Gasteiger partial charge in [0, 0.05) is 12.0 Å². The number of aromatic nitrogens is 2. The third kappa shape index (κ3) is 4.93. The van der Waals surface area contributed by atoms with Gasteiger partial charge < -0.3 is 10.4 Å². The lowest BCUT2D eigenvalue weighted by Crippen LogP contribution is -2.35. The molecule has 0 spiro atoms. The third-order valence-corrected chi connectivity index (χ3v) is 4.86. The number of amides is 2. The Kier molecular flexibility index (Phi) is 5.16. The number of rotatable bonds is 3. The summed E-state index contributed by atoms with van der Waals surface area (Å²) in [7, 11) is 0. The Hall–Kier alpha value is -1.21. The molecule has 2 atom stereocenters. The lowest BCUT2D eigenvalue weighted by Gasteiger charge is -2.25. The van der Waals surface area contributed by atoms with Gasteiger partial charge in [-0.1, -0.05) is 38.5 Å². The smallest absolute Gasteiger partial charge is 0.321 e. The molecule has 0 bridgehead atoms. The van der Waals surface area contributed by atoms with Gasteiger partial charge in [-0.15, -0.1) is 10.2 Å². The number of hydrogen-bond acceptors (Lipinski definition) is 5. The van der Waals surface area contributed by atoms with E-state index < -0.39 is 0 Å². The van der Waals surface area contributed by atoms with Crippen molar-refractivity contribution in [2.24, 2.45) is 5.92 Å². The first-order chi connectivity index (χ1) is 9.84. The number of urea groups is 1. The van der Waals surface area contributed by atoms with E-state index in [-0.39, 0.29) is 17.6 Å². The van der Waals surface area contributed by atoms with E-state index in [0.29, 0.717) is 17.6 Å². The summed E-state index contributed by atoms with van der Waals surface area (Å²) in [6.07, 6.45) is 3.52. The second-order valence-corrected chi connectivity index (χ2v) is 7.66. The van der Waals surface area contributed by atoms with Crippen LogP contribution in [0.2, 0.25) is 0 Å². The molecule has 1 aromatic rings. The Morgan fingerprint density at radius 1 is 1.38 bits per heavy atom. The summed E-state index contributed by atoms with van der Waals surface area (Å²) in [5.41, 5.74) is -0.0632. The molecule has 6 nitrogen and oxygen atoms in total. The van der Waals surface area contributed by atoms with Gasteiger partial charge in [0.15, 0.2) is 0 Å². The number of anilines is 1. The van der Waals surface area contributed by atoms with Gasteiger partial charge in [0.25, 0.3) is 0 Å². The van der Waals surface area contributed by atoms with Crippen LogP contribution in [0.15, 0.2) is 0 Å². The van der Waals surface area contributed by atoms with E-state index >= 15 is 0 Å². The predicted octanol–water partition coefficient (Wildman–Crippen LogP) is 2.51. The first-order valence-electron chi connectivity index (χ1n) is 7.41. The molecule has 2 rings (SSSR count).